The van der Waals surface area contributed by atoms with Crippen LogP contribution in [0.2, 0.25) is 0 Å². The summed E-state index contributed by atoms with van der Waals surface area (Å²) in [5, 5.41) is 6.60. The van der Waals surface area contributed by atoms with Gasteiger partial charge in [-0.1, -0.05) is 30.3 Å². The first kappa shape index (κ1) is 19.5. The monoisotopic (exact) mass is 378 g/mol. The second kappa shape index (κ2) is 9.60. The summed E-state index contributed by atoms with van der Waals surface area (Å²) in [7, 11) is 1.65. The summed E-state index contributed by atoms with van der Waals surface area (Å²) >= 11 is 0. The SMILES string of the molecule is COc1ccc(OCCNc2cc(-c3ccccc3)nc(NC(C)C)n2)cc1. The number of benzene rings is 2. The van der Waals surface area contributed by atoms with Crippen LogP contribution in [0.1, 0.15) is 13.8 Å². The Bertz CT molecular complexity index is 867. The van der Waals surface area contributed by atoms with Crippen molar-refractivity contribution < 1.29 is 9.47 Å². The van der Waals surface area contributed by atoms with E-state index >= 15 is 0 Å². The van der Waals surface area contributed by atoms with E-state index in [2.05, 4.69) is 34.4 Å². The Balaban J connectivity index is 1.64. The molecule has 0 fully saturated rings. The van der Waals surface area contributed by atoms with E-state index in [1.54, 1.807) is 7.11 Å². The van der Waals surface area contributed by atoms with E-state index in [4.69, 9.17) is 9.47 Å². The molecule has 3 rings (SSSR count). The van der Waals surface area contributed by atoms with E-state index in [0.717, 1.165) is 28.6 Å². The fourth-order valence-electron chi connectivity index (χ4n) is 2.64. The van der Waals surface area contributed by atoms with Gasteiger partial charge in [-0.15, -0.1) is 0 Å². The average molecular weight is 378 g/mol. The molecule has 0 saturated carbocycles. The molecular weight excluding hydrogens is 352 g/mol. The Morgan fingerprint density at radius 1 is 0.929 bits per heavy atom. The smallest absolute Gasteiger partial charge is 0.225 e. The van der Waals surface area contributed by atoms with Crippen LogP contribution < -0.4 is 20.1 Å². The van der Waals surface area contributed by atoms with Gasteiger partial charge in [0.15, 0.2) is 0 Å². The van der Waals surface area contributed by atoms with E-state index in [1.165, 1.54) is 0 Å². The lowest BCUT2D eigenvalue weighted by Gasteiger charge is -2.13. The van der Waals surface area contributed by atoms with Crippen LogP contribution in [0.25, 0.3) is 11.3 Å². The van der Waals surface area contributed by atoms with E-state index in [9.17, 15) is 0 Å². The number of hydrogen-bond acceptors (Lipinski definition) is 6. The molecule has 28 heavy (non-hydrogen) atoms. The number of anilines is 2. The number of hydrogen-bond donors (Lipinski definition) is 2. The van der Waals surface area contributed by atoms with E-state index < -0.39 is 0 Å². The number of nitrogens with one attached hydrogen (secondary N) is 2. The number of aromatic nitrogens is 2. The summed E-state index contributed by atoms with van der Waals surface area (Å²) in [6.45, 7) is 5.27. The fraction of sp³-hybridized carbons (Fsp3) is 0.273. The van der Waals surface area contributed by atoms with Crippen LogP contribution in [0.4, 0.5) is 11.8 Å². The Kier molecular flexibility index (Phi) is 6.68. The summed E-state index contributed by atoms with van der Waals surface area (Å²) in [4.78, 5) is 9.19. The Hall–Kier alpha value is -3.28. The highest BCUT2D eigenvalue weighted by atomic mass is 16.5. The number of rotatable bonds is 9. The van der Waals surface area contributed by atoms with Gasteiger partial charge in [0.2, 0.25) is 5.95 Å². The molecule has 2 aromatic carbocycles. The second-order valence-electron chi connectivity index (χ2n) is 6.58. The largest absolute Gasteiger partial charge is 0.497 e. The van der Waals surface area contributed by atoms with E-state index in [1.807, 2.05) is 60.7 Å². The third-order valence-corrected chi connectivity index (χ3v) is 3.95. The topological polar surface area (TPSA) is 68.3 Å². The molecule has 0 radical (unpaired) electrons. The highest BCUT2D eigenvalue weighted by Crippen LogP contribution is 2.22. The van der Waals surface area contributed by atoms with Crippen molar-refractivity contribution in [2.75, 3.05) is 30.9 Å². The minimum absolute atomic E-state index is 0.247. The van der Waals surface area contributed by atoms with Crippen molar-refractivity contribution in [3.8, 4) is 22.8 Å². The van der Waals surface area contributed by atoms with Crippen LogP contribution in [0, 0.1) is 0 Å². The molecule has 0 aliphatic heterocycles. The molecule has 1 aromatic heterocycles. The lowest BCUT2D eigenvalue weighted by Crippen LogP contribution is -2.16. The van der Waals surface area contributed by atoms with Gasteiger partial charge in [-0.2, -0.15) is 4.98 Å². The summed E-state index contributed by atoms with van der Waals surface area (Å²) in [6, 6.07) is 19.8. The van der Waals surface area contributed by atoms with Gasteiger partial charge in [-0.05, 0) is 38.1 Å². The van der Waals surface area contributed by atoms with Crippen molar-refractivity contribution in [1.29, 1.82) is 0 Å². The molecule has 146 valence electrons. The van der Waals surface area contributed by atoms with Gasteiger partial charge in [0.05, 0.1) is 19.3 Å². The third kappa shape index (κ3) is 5.61. The summed E-state index contributed by atoms with van der Waals surface area (Å²) in [5.74, 6) is 2.98. The predicted octanol–water partition coefficient (Wildman–Crippen LogP) is 4.46. The Morgan fingerprint density at radius 2 is 1.64 bits per heavy atom. The average Bonchev–Trinajstić information content (AvgIpc) is 2.72. The lowest BCUT2D eigenvalue weighted by molar-refractivity contribution is 0.331. The fourth-order valence-corrected chi connectivity index (χ4v) is 2.64. The van der Waals surface area contributed by atoms with Crippen LogP contribution in [0.5, 0.6) is 11.5 Å². The van der Waals surface area contributed by atoms with Gasteiger partial charge >= 0.3 is 0 Å². The van der Waals surface area contributed by atoms with Gasteiger partial charge in [0, 0.05) is 17.7 Å². The van der Waals surface area contributed by atoms with Crippen molar-refractivity contribution >= 4 is 11.8 Å². The molecule has 0 saturated heterocycles. The van der Waals surface area contributed by atoms with Gasteiger partial charge in [-0.25, -0.2) is 4.98 Å². The summed E-state index contributed by atoms with van der Waals surface area (Å²) in [5.41, 5.74) is 1.92. The molecule has 0 aliphatic rings. The third-order valence-electron chi connectivity index (χ3n) is 3.95. The predicted molar refractivity (Wildman–Crippen MR) is 113 cm³/mol. The molecular formula is C22H26N4O2. The lowest BCUT2D eigenvalue weighted by atomic mass is 10.1. The standard InChI is InChI=1S/C22H26N4O2/c1-16(2)24-22-25-20(17-7-5-4-6-8-17)15-21(26-22)23-13-14-28-19-11-9-18(27-3)10-12-19/h4-12,15-16H,13-14H2,1-3H3,(H2,23,24,25,26). The van der Waals surface area contributed by atoms with Gasteiger partial charge < -0.3 is 20.1 Å². The van der Waals surface area contributed by atoms with Crippen molar-refractivity contribution in [1.82, 2.24) is 9.97 Å². The van der Waals surface area contributed by atoms with Crippen LogP contribution in [-0.2, 0) is 0 Å². The molecule has 0 amide bonds. The van der Waals surface area contributed by atoms with Crippen molar-refractivity contribution in [3.05, 3.63) is 60.7 Å². The van der Waals surface area contributed by atoms with Gasteiger partial charge in [0.1, 0.15) is 23.9 Å². The van der Waals surface area contributed by atoms with Gasteiger partial charge in [-0.3, -0.25) is 0 Å². The van der Waals surface area contributed by atoms with Crippen LogP contribution in [0.15, 0.2) is 60.7 Å². The first-order valence-corrected chi connectivity index (χ1v) is 9.36. The van der Waals surface area contributed by atoms with E-state index in [0.29, 0.717) is 19.1 Å². The number of nitrogens with zero attached hydrogens (tertiary/aromatic N) is 2. The first-order valence-electron chi connectivity index (χ1n) is 9.36. The number of ether oxygens (including phenoxy) is 2. The zero-order valence-electron chi connectivity index (χ0n) is 16.5. The van der Waals surface area contributed by atoms with Crippen molar-refractivity contribution in [2.24, 2.45) is 0 Å². The van der Waals surface area contributed by atoms with Gasteiger partial charge in [0.25, 0.3) is 0 Å². The maximum Gasteiger partial charge on any atom is 0.225 e. The van der Waals surface area contributed by atoms with Crippen molar-refractivity contribution in [3.63, 3.8) is 0 Å². The minimum atomic E-state index is 0.247. The van der Waals surface area contributed by atoms with E-state index in [-0.39, 0.29) is 6.04 Å². The van der Waals surface area contributed by atoms with Crippen LogP contribution in [0.3, 0.4) is 0 Å². The van der Waals surface area contributed by atoms with Crippen LogP contribution >= 0.6 is 0 Å². The maximum absolute atomic E-state index is 5.76. The highest BCUT2D eigenvalue weighted by Gasteiger charge is 2.07. The Labute approximate surface area is 166 Å². The molecule has 0 unspecified atom stereocenters. The first-order chi connectivity index (χ1) is 13.6. The molecule has 0 aliphatic carbocycles. The molecule has 0 spiro atoms. The minimum Gasteiger partial charge on any atom is -0.497 e. The van der Waals surface area contributed by atoms with Crippen LogP contribution in [-0.4, -0.2) is 36.3 Å². The summed E-state index contributed by atoms with van der Waals surface area (Å²) < 4.78 is 10.9. The molecule has 3 aromatic rings. The summed E-state index contributed by atoms with van der Waals surface area (Å²) in [6.07, 6.45) is 0. The molecule has 0 bridgehead atoms. The zero-order chi connectivity index (χ0) is 19.8. The second-order valence-corrected chi connectivity index (χ2v) is 6.58. The normalized spacial score (nSPS) is 10.6. The Morgan fingerprint density at radius 3 is 2.32 bits per heavy atom. The molecule has 0 atom stereocenters. The van der Waals surface area contributed by atoms with Crippen molar-refractivity contribution in [2.45, 2.75) is 19.9 Å². The molecule has 2 N–H and O–H groups in total. The molecule has 1 heterocycles. The highest BCUT2D eigenvalue weighted by molar-refractivity contribution is 5.64. The number of methoxy groups -OCH3 is 1. The quantitative estimate of drug-likeness (QED) is 0.536. The zero-order valence-corrected chi connectivity index (χ0v) is 16.5. The molecule has 6 nitrogen and oxygen atoms in total. The maximum atomic E-state index is 5.76. The molecule has 6 heteroatoms.